The SMILES string of the molecule is CCNC(=O)c1ccc(CNC(=NC)NCc2ccc(C)cc2OCCOC)cc1. The second-order valence-electron chi connectivity index (χ2n) is 6.79. The monoisotopic (exact) mass is 412 g/mol. The fraction of sp³-hybridized carbons (Fsp3) is 0.391. The first-order chi connectivity index (χ1) is 14.6. The van der Waals surface area contributed by atoms with Gasteiger partial charge in [0.15, 0.2) is 5.96 Å². The van der Waals surface area contributed by atoms with Crippen LogP contribution in [0.4, 0.5) is 0 Å². The van der Waals surface area contributed by atoms with E-state index in [1.165, 1.54) is 0 Å². The number of hydrogen-bond donors (Lipinski definition) is 3. The first-order valence-electron chi connectivity index (χ1n) is 10.1. The van der Waals surface area contributed by atoms with Crippen LogP contribution in [0.5, 0.6) is 5.75 Å². The number of aryl methyl sites for hydroxylation is 1. The number of hydrogen-bond acceptors (Lipinski definition) is 4. The van der Waals surface area contributed by atoms with Gasteiger partial charge in [-0.3, -0.25) is 9.79 Å². The van der Waals surface area contributed by atoms with E-state index in [0.717, 1.165) is 22.4 Å². The zero-order valence-electron chi connectivity index (χ0n) is 18.2. The molecule has 2 aromatic rings. The van der Waals surface area contributed by atoms with Crippen molar-refractivity contribution in [2.24, 2.45) is 4.99 Å². The number of aliphatic imine (C=N–C) groups is 1. The van der Waals surface area contributed by atoms with Gasteiger partial charge in [0.25, 0.3) is 5.91 Å². The molecule has 0 aliphatic heterocycles. The molecule has 0 fully saturated rings. The first-order valence-corrected chi connectivity index (χ1v) is 10.1. The van der Waals surface area contributed by atoms with Gasteiger partial charge in [0.1, 0.15) is 12.4 Å². The molecule has 0 unspecified atom stereocenters. The van der Waals surface area contributed by atoms with Crippen molar-refractivity contribution in [3.63, 3.8) is 0 Å². The third-order valence-corrected chi connectivity index (χ3v) is 4.45. The highest BCUT2D eigenvalue weighted by molar-refractivity contribution is 5.94. The van der Waals surface area contributed by atoms with Crippen molar-refractivity contribution < 1.29 is 14.3 Å². The number of carbonyl (C=O) groups excluding carboxylic acids is 1. The molecule has 0 atom stereocenters. The van der Waals surface area contributed by atoms with E-state index in [4.69, 9.17) is 9.47 Å². The van der Waals surface area contributed by atoms with E-state index in [-0.39, 0.29) is 5.91 Å². The lowest BCUT2D eigenvalue weighted by atomic mass is 10.1. The molecule has 0 aliphatic rings. The summed E-state index contributed by atoms with van der Waals surface area (Å²) in [6, 6.07) is 13.7. The van der Waals surface area contributed by atoms with Crippen molar-refractivity contribution >= 4 is 11.9 Å². The van der Waals surface area contributed by atoms with Gasteiger partial charge >= 0.3 is 0 Å². The summed E-state index contributed by atoms with van der Waals surface area (Å²) in [5.74, 6) is 1.47. The molecular weight excluding hydrogens is 380 g/mol. The molecule has 0 saturated carbocycles. The predicted octanol–water partition coefficient (Wildman–Crippen LogP) is 2.64. The molecule has 162 valence electrons. The first kappa shape index (κ1) is 23.2. The lowest BCUT2D eigenvalue weighted by Gasteiger charge is -2.15. The second-order valence-corrected chi connectivity index (χ2v) is 6.79. The standard InChI is InChI=1S/C23H32N4O3/c1-5-25-22(28)19-10-7-18(8-11-19)15-26-23(24-3)27-16-20-9-6-17(2)14-21(20)30-13-12-29-4/h6-11,14H,5,12-13,15-16H2,1-4H3,(H,25,28)(H2,24,26,27). The summed E-state index contributed by atoms with van der Waals surface area (Å²) in [6.45, 7) is 6.79. The van der Waals surface area contributed by atoms with E-state index in [1.807, 2.05) is 44.2 Å². The number of guanidine groups is 1. The Balaban J connectivity index is 1.90. The molecule has 2 aromatic carbocycles. The predicted molar refractivity (Wildman–Crippen MR) is 120 cm³/mol. The van der Waals surface area contributed by atoms with Crippen LogP contribution in [0.3, 0.4) is 0 Å². The molecule has 7 nitrogen and oxygen atoms in total. The molecule has 0 heterocycles. The minimum atomic E-state index is -0.0592. The van der Waals surface area contributed by atoms with Crippen LogP contribution in [0.25, 0.3) is 0 Å². The van der Waals surface area contributed by atoms with Crippen LogP contribution in [0.2, 0.25) is 0 Å². The van der Waals surface area contributed by atoms with Crippen molar-refractivity contribution in [2.45, 2.75) is 26.9 Å². The van der Waals surface area contributed by atoms with E-state index < -0.39 is 0 Å². The highest BCUT2D eigenvalue weighted by Crippen LogP contribution is 2.20. The van der Waals surface area contributed by atoms with Crippen LogP contribution in [-0.4, -0.2) is 45.8 Å². The minimum Gasteiger partial charge on any atom is -0.491 e. The Hall–Kier alpha value is -3.06. The van der Waals surface area contributed by atoms with Crippen LogP contribution in [0.15, 0.2) is 47.5 Å². The lowest BCUT2D eigenvalue weighted by Crippen LogP contribution is -2.36. The maximum Gasteiger partial charge on any atom is 0.251 e. The van der Waals surface area contributed by atoms with Gasteiger partial charge in [-0.1, -0.05) is 24.3 Å². The van der Waals surface area contributed by atoms with Gasteiger partial charge < -0.3 is 25.4 Å². The van der Waals surface area contributed by atoms with Gasteiger partial charge in [-0.25, -0.2) is 0 Å². The maximum absolute atomic E-state index is 11.8. The number of amides is 1. The van der Waals surface area contributed by atoms with E-state index in [9.17, 15) is 4.79 Å². The van der Waals surface area contributed by atoms with Crippen LogP contribution >= 0.6 is 0 Å². The second kappa shape index (κ2) is 12.5. The Morgan fingerprint density at radius 2 is 1.73 bits per heavy atom. The molecule has 0 aromatic heterocycles. The summed E-state index contributed by atoms with van der Waals surface area (Å²) < 4.78 is 10.9. The normalized spacial score (nSPS) is 11.1. The van der Waals surface area contributed by atoms with Gasteiger partial charge in [-0.2, -0.15) is 0 Å². The summed E-state index contributed by atoms with van der Waals surface area (Å²) >= 11 is 0. The fourth-order valence-electron chi connectivity index (χ4n) is 2.80. The van der Waals surface area contributed by atoms with E-state index in [1.54, 1.807) is 14.2 Å². The Kier molecular flexibility index (Phi) is 9.67. The highest BCUT2D eigenvalue weighted by Gasteiger charge is 2.07. The quantitative estimate of drug-likeness (QED) is 0.317. The summed E-state index contributed by atoms with van der Waals surface area (Å²) in [4.78, 5) is 16.1. The molecule has 0 spiro atoms. The molecule has 0 radical (unpaired) electrons. The zero-order chi connectivity index (χ0) is 21.8. The van der Waals surface area contributed by atoms with Crippen LogP contribution < -0.4 is 20.7 Å². The Bertz CT molecular complexity index is 835. The molecule has 30 heavy (non-hydrogen) atoms. The molecule has 0 aliphatic carbocycles. The number of nitrogens with one attached hydrogen (secondary N) is 3. The summed E-state index contributed by atoms with van der Waals surface area (Å²) in [5.41, 5.74) is 3.91. The highest BCUT2D eigenvalue weighted by atomic mass is 16.5. The summed E-state index contributed by atoms with van der Waals surface area (Å²) in [5, 5.41) is 9.40. The largest absolute Gasteiger partial charge is 0.491 e. The molecule has 0 bridgehead atoms. The Morgan fingerprint density at radius 3 is 2.40 bits per heavy atom. The van der Waals surface area contributed by atoms with E-state index in [0.29, 0.717) is 44.4 Å². The Morgan fingerprint density at radius 1 is 1.00 bits per heavy atom. The molecular formula is C23H32N4O3. The van der Waals surface area contributed by atoms with Crippen molar-refractivity contribution in [3.05, 3.63) is 64.7 Å². The van der Waals surface area contributed by atoms with Crippen molar-refractivity contribution in [1.82, 2.24) is 16.0 Å². The third-order valence-electron chi connectivity index (χ3n) is 4.45. The number of carbonyl (C=O) groups is 1. The van der Waals surface area contributed by atoms with Gasteiger partial charge in [0.05, 0.1) is 6.61 Å². The van der Waals surface area contributed by atoms with E-state index in [2.05, 4.69) is 33.1 Å². The average molecular weight is 413 g/mol. The number of rotatable bonds is 10. The summed E-state index contributed by atoms with van der Waals surface area (Å²) in [7, 11) is 3.39. The van der Waals surface area contributed by atoms with Crippen molar-refractivity contribution in [2.75, 3.05) is 33.9 Å². The number of ether oxygens (including phenoxy) is 2. The van der Waals surface area contributed by atoms with Crippen molar-refractivity contribution in [3.8, 4) is 5.75 Å². The average Bonchev–Trinajstić information content (AvgIpc) is 2.75. The van der Waals surface area contributed by atoms with Crippen LogP contribution in [0.1, 0.15) is 34.0 Å². The van der Waals surface area contributed by atoms with E-state index >= 15 is 0 Å². The van der Waals surface area contributed by atoms with Gasteiger partial charge in [0.2, 0.25) is 0 Å². The number of methoxy groups -OCH3 is 1. The van der Waals surface area contributed by atoms with Crippen LogP contribution in [-0.2, 0) is 17.8 Å². The smallest absolute Gasteiger partial charge is 0.251 e. The van der Waals surface area contributed by atoms with Gasteiger partial charge in [-0.05, 0) is 43.2 Å². The zero-order valence-corrected chi connectivity index (χ0v) is 18.2. The molecule has 2 rings (SSSR count). The topological polar surface area (TPSA) is 84.0 Å². The van der Waals surface area contributed by atoms with Crippen LogP contribution in [0, 0.1) is 6.92 Å². The van der Waals surface area contributed by atoms with Crippen molar-refractivity contribution in [1.29, 1.82) is 0 Å². The van der Waals surface area contributed by atoms with Gasteiger partial charge in [0, 0.05) is 44.9 Å². The Labute approximate surface area is 178 Å². The molecule has 1 amide bonds. The molecule has 0 saturated heterocycles. The molecule has 3 N–H and O–H groups in total. The maximum atomic E-state index is 11.8. The summed E-state index contributed by atoms with van der Waals surface area (Å²) in [6.07, 6.45) is 0. The van der Waals surface area contributed by atoms with Gasteiger partial charge in [-0.15, -0.1) is 0 Å². The minimum absolute atomic E-state index is 0.0592. The molecule has 7 heteroatoms. The third kappa shape index (κ3) is 7.40. The number of benzene rings is 2. The fourth-order valence-corrected chi connectivity index (χ4v) is 2.80. The lowest BCUT2D eigenvalue weighted by molar-refractivity contribution is 0.0956. The number of nitrogens with zero attached hydrogens (tertiary/aromatic N) is 1.